The molecule has 1 aromatic heterocycles. The van der Waals surface area contributed by atoms with Crippen molar-refractivity contribution >= 4 is 17.7 Å². The Hall–Kier alpha value is -1.14. The standard InChI is InChI=1S/C7H10N4OS/c1-5-2-3-9-7(10-5)13-4-6(12)11-8/h2-3H,4,8H2,1H3,(H,11,12). The summed E-state index contributed by atoms with van der Waals surface area (Å²) in [5.74, 6) is 4.91. The normalized spacial score (nSPS) is 9.69. The SMILES string of the molecule is Cc1ccnc(SCC(=O)NN)n1. The van der Waals surface area contributed by atoms with E-state index in [2.05, 4.69) is 9.97 Å². The van der Waals surface area contributed by atoms with Gasteiger partial charge in [-0.15, -0.1) is 0 Å². The van der Waals surface area contributed by atoms with Gasteiger partial charge in [0.2, 0.25) is 5.91 Å². The van der Waals surface area contributed by atoms with Crippen molar-refractivity contribution in [2.45, 2.75) is 12.1 Å². The minimum atomic E-state index is -0.241. The zero-order chi connectivity index (χ0) is 9.68. The van der Waals surface area contributed by atoms with Crippen LogP contribution in [0.3, 0.4) is 0 Å². The van der Waals surface area contributed by atoms with Gasteiger partial charge in [-0.25, -0.2) is 15.8 Å². The van der Waals surface area contributed by atoms with Crippen LogP contribution in [-0.2, 0) is 4.79 Å². The number of carbonyl (C=O) groups is 1. The number of carbonyl (C=O) groups excluding carboxylic acids is 1. The number of hydrogen-bond acceptors (Lipinski definition) is 5. The molecule has 3 N–H and O–H groups in total. The van der Waals surface area contributed by atoms with E-state index >= 15 is 0 Å². The number of nitrogens with two attached hydrogens (primary N) is 1. The van der Waals surface area contributed by atoms with Gasteiger partial charge in [0.25, 0.3) is 0 Å². The quantitative estimate of drug-likeness (QED) is 0.232. The maximum Gasteiger partial charge on any atom is 0.244 e. The topological polar surface area (TPSA) is 80.9 Å². The van der Waals surface area contributed by atoms with Crippen molar-refractivity contribution in [3.05, 3.63) is 18.0 Å². The zero-order valence-electron chi connectivity index (χ0n) is 7.15. The highest BCUT2D eigenvalue weighted by molar-refractivity contribution is 7.99. The smallest absolute Gasteiger partial charge is 0.244 e. The van der Waals surface area contributed by atoms with E-state index in [1.54, 1.807) is 12.3 Å². The molecule has 0 aliphatic heterocycles. The van der Waals surface area contributed by atoms with Gasteiger partial charge in [-0.05, 0) is 13.0 Å². The number of nitrogens with one attached hydrogen (secondary N) is 1. The lowest BCUT2D eigenvalue weighted by Gasteiger charge is -1.99. The average molecular weight is 198 g/mol. The summed E-state index contributed by atoms with van der Waals surface area (Å²) in [5, 5.41) is 0.587. The first-order chi connectivity index (χ1) is 6.22. The number of aromatic nitrogens is 2. The fourth-order valence-electron chi connectivity index (χ4n) is 0.667. The van der Waals surface area contributed by atoms with Gasteiger partial charge in [-0.2, -0.15) is 0 Å². The van der Waals surface area contributed by atoms with Gasteiger partial charge in [0.05, 0.1) is 5.75 Å². The highest BCUT2D eigenvalue weighted by Crippen LogP contribution is 2.10. The molecule has 1 heterocycles. The van der Waals surface area contributed by atoms with E-state index in [0.29, 0.717) is 5.16 Å². The van der Waals surface area contributed by atoms with E-state index in [9.17, 15) is 4.79 Å². The van der Waals surface area contributed by atoms with Gasteiger partial charge in [-0.3, -0.25) is 10.2 Å². The Morgan fingerprint density at radius 3 is 3.15 bits per heavy atom. The van der Waals surface area contributed by atoms with Gasteiger partial charge in [0.15, 0.2) is 5.16 Å². The summed E-state index contributed by atoms with van der Waals surface area (Å²) in [4.78, 5) is 18.8. The first kappa shape index (κ1) is 9.94. The molecule has 70 valence electrons. The van der Waals surface area contributed by atoms with Crippen molar-refractivity contribution in [1.82, 2.24) is 15.4 Å². The fraction of sp³-hybridized carbons (Fsp3) is 0.286. The van der Waals surface area contributed by atoms with E-state index in [1.807, 2.05) is 12.3 Å². The largest absolute Gasteiger partial charge is 0.294 e. The predicted molar refractivity (Wildman–Crippen MR) is 49.8 cm³/mol. The van der Waals surface area contributed by atoms with Crippen molar-refractivity contribution in [1.29, 1.82) is 0 Å². The molecule has 1 rings (SSSR count). The van der Waals surface area contributed by atoms with Crippen LogP contribution >= 0.6 is 11.8 Å². The summed E-state index contributed by atoms with van der Waals surface area (Å²) in [6.45, 7) is 1.87. The lowest BCUT2D eigenvalue weighted by atomic mass is 10.5. The minimum absolute atomic E-state index is 0.236. The molecule has 0 aromatic carbocycles. The van der Waals surface area contributed by atoms with Crippen molar-refractivity contribution < 1.29 is 4.79 Å². The van der Waals surface area contributed by atoms with E-state index in [1.165, 1.54) is 11.8 Å². The van der Waals surface area contributed by atoms with Crippen LogP contribution in [0.2, 0.25) is 0 Å². The van der Waals surface area contributed by atoms with Gasteiger partial charge in [0, 0.05) is 11.9 Å². The van der Waals surface area contributed by atoms with Crippen LogP contribution in [0.5, 0.6) is 0 Å². The molecule has 5 nitrogen and oxygen atoms in total. The summed E-state index contributed by atoms with van der Waals surface area (Å²) >= 11 is 1.25. The second kappa shape index (κ2) is 4.78. The second-order valence-electron chi connectivity index (χ2n) is 2.34. The highest BCUT2D eigenvalue weighted by atomic mass is 32.2. The molecule has 0 bridgehead atoms. The van der Waals surface area contributed by atoms with E-state index in [4.69, 9.17) is 5.84 Å². The molecule has 0 atom stereocenters. The maximum absolute atomic E-state index is 10.8. The number of hydrogen-bond donors (Lipinski definition) is 2. The van der Waals surface area contributed by atoms with Gasteiger partial charge in [-0.1, -0.05) is 11.8 Å². The number of amides is 1. The van der Waals surface area contributed by atoms with Crippen molar-refractivity contribution in [3.8, 4) is 0 Å². The van der Waals surface area contributed by atoms with Crippen molar-refractivity contribution in [2.75, 3.05) is 5.75 Å². The molecule has 0 fully saturated rings. The summed E-state index contributed by atoms with van der Waals surface area (Å²) in [6, 6.07) is 1.80. The third-order valence-corrected chi connectivity index (χ3v) is 2.13. The Morgan fingerprint density at radius 2 is 2.54 bits per heavy atom. The Kier molecular flexibility index (Phi) is 3.66. The molecule has 1 amide bonds. The molecule has 0 saturated heterocycles. The summed E-state index contributed by atoms with van der Waals surface area (Å²) in [6.07, 6.45) is 1.66. The molecule has 0 aliphatic rings. The lowest BCUT2D eigenvalue weighted by molar-refractivity contribution is -0.118. The predicted octanol–water partition coefficient (Wildman–Crippen LogP) is -0.133. The number of thioether (sulfide) groups is 1. The fourth-order valence-corrected chi connectivity index (χ4v) is 1.35. The van der Waals surface area contributed by atoms with E-state index in [0.717, 1.165) is 5.69 Å². The zero-order valence-corrected chi connectivity index (χ0v) is 7.97. The third kappa shape index (κ3) is 3.39. The number of rotatable bonds is 3. The summed E-state index contributed by atoms with van der Waals surface area (Å²) in [7, 11) is 0. The van der Waals surface area contributed by atoms with Gasteiger partial charge in [0.1, 0.15) is 0 Å². The van der Waals surface area contributed by atoms with Crippen LogP contribution in [-0.4, -0.2) is 21.6 Å². The summed E-state index contributed by atoms with van der Waals surface area (Å²) < 4.78 is 0. The number of aryl methyl sites for hydroxylation is 1. The van der Waals surface area contributed by atoms with Crippen LogP contribution in [0.25, 0.3) is 0 Å². The first-order valence-corrected chi connectivity index (χ1v) is 4.63. The molecule has 13 heavy (non-hydrogen) atoms. The Bertz CT molecular complexity index is 304. The molecule has 0 radical (unpaired) electrons. The average Bonchev–Trinajstić information content (AvgIpc) is 2.14. The lowest BCUT2D eigenvalue weighted by Crippen LogP contribution is -2.31. The molecular formula is C7H10N4OS. The summed E-state index contributed by atoms with van der Waals surface area (Å²) in [5.41, 5.74) is 2.91. The molecular weight excluding hydrogens is 188 g/mol. The minimum Gasteiger partial charge on any atom is -0.294 e. The van der Waals surface area contributed by atoms with E-state index < -0.39 is 0 Å². The molecule has 0 unspecified atom stereocenters. The van der Waals surface area contributed by atoms with Crippen LogP contribution in [0, 0.1) is 6.92 Å². The van der Waals surface area contributed by atoms with Crippen LogP contribution in [0.1, 0.15) is 5.69 Å². The Labute approximate surface area is 80.1 Å². The highest BCUT2D eigenvalue weighted by Gasteiger charge is 2.02. The van der Waals surface area contributed by atoms with Gasteiger partial charge >= 0.3 is 0 Å². The van der Waals surface area contributed by atoms with E-state index in [-0.39, 0.29) is 11.7 Å². The maximum atomic E-state index is 10.8. The third-order valence-electron chi connectivity index (χ3n) is 1.27. The van der Waals surface area contributed by atoms with Crippen LogP contribution in [0.15, 0.2) is 17.4 Å². The van der Waals surface area contributed by atoms with Crippen LogP contribution < -0.4 is 11.3 Å². The Morgan fingerprint density at radius 1 is 1.77 bits per heavy atom. The van der Waals surface area contributed by atoms with Crippen LogP contribution in [0.4, 0.5) is 0 Å². The second-order valence-corrected chi connectivity index (χ2v) is 3.28. The molecule has 0 spiro atoms. The Balaban J connectivity index is 2.50. The number of nitrogens with zero attached hydrogens (tertiary/aromatic N) is 2. The monoisotopic (exact) mass is 198 g/mol. The number of hydrazine groups is 1. The van der Waals surface area contributed by atoms with Crippen molar-refractivity contribution in [3.63, 3.8) is 0 Å². The molecule has 1 aromatic rings. The molecule has 0 saturated carbocycles. The van der Waals surface area contributed by atoms with Gasteiger partial charge < -0.3 is 0 Å². The molecule has 0 aliphatic carbocycles. The van der Waals surface area contributed by atoms with Crippen molar-refractivity contribution in [2.24, 2.45) is 5.84 Å². The molecule has 6 heteroatoms. The first-order valence-electron chi connectivity index (χ1n) is 3.64.